The van der Waals surface area contributed by atoms with E-state index >= 15 is 0 Å². The number of carbonyl (C=O) groups is 1. The van der Waals surface area contributed by atoms with Gasteiger partial charge in [-0.15, -0.1) is 6.58 Å². The van der Waals surface area contributed by atoms with Crippen molar-refractivity contribution < 1.29 is 4.79 Å². The minimum absolute atomic E-state index is 0.199. The summed E-state index contributed by atoms with van der Waals surface area (Å²) in [4.78, 5) is 23.9. The highest BCUT2D eigenvalue weighted by molar-refractivity contribution is 5.93. The number of benzene rings is 1. The molecule has 1 aliphatic rings. The van der Waals surface area contributed by atoms with E-state index in [1.165, 1.54) is 12.8 Å². The van der Waals surface area contributed by atoms with Crippen LogP contribution in [0.25, 0.3) is 11.4 Å². The van der Waals surface area contributed by atoms with Gasteiger partial charge in [0.1, 0.15) is 11.5 Å². The van der Waals surface area contributed by atoms with Crippen LogP contribution in [0.2, 0.25) is 0 Å². The van der Waals surface area contributed by atoms with Crippen LogP contribution < -0.4 is 10.2 Å². The summed E-state index contributed by atoms with van der Waals surface area (Å²) in [7, 11) is 0. The Morgan fingerprint density at radius 1 is 1.12 bits per heavy atom. The average molecular weight is 336 g/mol. The Balaban J connectivity index is 1.98. The van der Waals surface area contributed by atoms with E-state index in [0.717, 1.165) is 37.3 Å². The van der Waals surface area contributed by atoms with Gasteiger partial charge in [-0.2, -0.15) is 0 Å². The first-order valence-corrected chi connectivity index (χ1v) is 8.86. The number of rotatable bonds is 5. The van der Waals surface area contributed by atoms with E-state index < -0.39 is 0 Å². The second-order valence-electron chi connectivity index (χ2n) is 6.20. The third-order valence-corrected chi connectivity index (χ3v) is 4.31. The van der Waals surface area contributed by atoms with Gasteiger partial charge in [0.15, 0.2) is 5.82 Å². The summed E-state index contributed by atoms with van der Waals surface area (Å²) in [6.45, 7) is 6.00. The van der Waals surface area contributed by atoms with E-state index in [2.05, 4.69) is 21.8 Å². The molecule has 130 valence electrons. The fourth-order valence-electron chi connectivity index (χ4n) is 2.98. The lowest BCUT2D eigenvalue weighted by Crippen LogP contribution is -2.28. The highest BCUT2D eigenvalue weighted by Gasteiger charge is 2.17. The third-order valence-electron chi connectivity index (χ3n) is 4.31. The average Bonchev–Trinajstić information content (AvgIpc) is 2.96. The van der Waals surface area contributed by atoms with Gasteiger partial charge in [-0.05, 0) is 12.8 Å². The second-order valence-corrected chi connectivity index (χ2v) is 6.20. The Kier molecular flexibility index (Phi) is 5.77. The second kappa shape index (κ2) is 8.42. The molecule has 0 bridgehead atoms. The monoisotopic (exact) mass is 336 g/mol. The molecule has 0 spiro atoms. The normalized spacial score (nSPS) is 14.6. The fraction of sp³-hybridized carbons (Fsp3) is 0.350. The molecule has 2 heterocycles. The van der Waals surface area contributed by atoms with Crippen molar-refractivity contribution in [1.82, 2.24) is 15.3 Å². The molecule has 5 heteroatoms. The van der Waals surface area contributed by atoms with Crippen LogP contribution >= 0.6 is 0 Å². The molecule has 1 N–H and O–H groups in total. The highest BCUT2D eigenvalue weighted by Crippen LogP contribution is 2.22. The van der Waals surface area contributed by atoms with Gasteiger partial charge in [0.05, 0.1) is 0 Å². The van der Waals surface area contributed by atoms with E-state index in [1.807, 2.05) is 30.3 Å². The Morgan fingerprint density at radius 3 is 2.52 bits per heavy atom. The molecule has 0 radical (unpaired) electrons. The van der Waals surface area contributed by atoms with Gasteiger partial charge in [0.2, 0.25) is 0 Å². The standard InChI is InChI=1S/C20H24N4O/c1-2-12-21-20(25)17-15-18(24-13-8-3-4-9-14-24)23-19(22-17)16-10-6-5-7-11-16/h2,5-7,10-11,15H,1,3-4,8-9,12-14H2,(H,21,25). The zero-order valence-electron chi connectivity index (χ0n) is 14.4. The number of nitrogens with one attached hydrogen (secondary N) is 1. The van der Waals surface area contributed by atoms with Crippen molar-refractivity contribution in [2.24, 2.45) is 0 Å². The van der Waals surface area contributed by atoms with Gasteiger partial charge in [-0.3, -0.25) is 4.79 Å². The summed E-state index contributed by atoms with van der Waals surface area (Å²) < 4.78 is 0. The zero-order valence-corrected chi connectivity index (χ0v) is 14.4. The van der Waals surface area contributed by atoms with Crippen molar-refractivity contribution >= 4 is 11.7 Å². The van der Waals surface area contributed by atoms with Crippen LogP contribution in [0.15, 0.2) is 49.1 Å². The molecule has 1 aromatic heterocycles. The number of hydrogen-bond donors (Lipinski definition) is 1. The van der Waals surface area contributed by atoms with Crippen molar-refractivity contribution in [2.75, 3.05) is 24.5 Å². The molecule has 1 aromatic carbocycles. The molecule has 0 saturated carbocycles. The Bertz CT molecular complexity index is 722. The van der Waals surface area contributed by atoms with Gasteiger partial charge in [-0.25, -0.2) is 9.97 Å². The van der Waals surface area contributed by atoms with E-state index in [4.69, 9.17) is 4.98 Å². The molecule has 0 aliphatic carbocycles. The molecule has 0 unspecified atom stereocenters. The van der Waals surface area contributed by atoms with Gasteiger partial charge >= 0.3 is 0 Å². The molecule has 0 atom stereocenters. The van der Waals surface area contributed by atoms with Crippen LogP contribution in [0, 0.1) is 0 Å². The van der Waals surface area contributed by atoms with Gasteiger partial charge < -0.3 is 10.2 Å². The minimum Gasteiger partial charge on any atom is -0.356 e. The van der Waals surface area contributed by atoms with E-state index in [9.17, 15) is 4.79 Å². The zero-order chi connectivity index (χ0) is 17.5. The topological polar surface area (TPSA) is 58.1 Å². The number of anilines is 1. The van der Waals surface area contributed by atoms with Crippen LogP contribution in [0.4, 0.5) is 5.82 Å². The maximum Gasteiger partial charge on any atom is 0.270 e. The molecule has 1 fully saturated rings. The smallest absolute Gasteiger partial charge is 0.270 e. The molecule has 25 heavy (non-hydrogen) atoms. The predicted molar refractivity (Wildman–Crippen MR) is 101 cm³/mol. The summed E-state index contributed by atoms with van der Waals surface area (Å²) in [5, 5.41) is 2.80. The van der Waals surface area contributed by atoms with Crippen molar-refractivity contribution in [3.63, 3.8) is 0 Å². The predicted octanol–water partition coefficient (Wildman–Crippen LogP) is 3.44. The molecule has 2 aromatic rings. The van der Waals surface area contributed by atoms with E-state index in [-0.39, 0.29) is 5.91 Å². The molecular weight excluding hydrogens is 312 g/mol. The summed E-state index contributed by atoms with van der Waals surface area (Å²) >= 11 is 0. The minimum atomic E-state index is -0.199. The first-order valence-electron chi connectivity index (χ1n) is 8.86. The molecule has 3 rings (SSSR count). The quantitative estimate of drug-likeness (QED) is 0.850. The van der Waals surface area contributed by atoms with Gasteiger partial charge in [0.25, 0.3) is 5.91 Å². The van der Waals surface area contributed by atoms with Crippen molar-refractivity contribution in [3.8, 4) is 11.4 Å². The van der Waals surface area contributed by atoms with Crippen molar-refractivity contribution in [2.45, 2.75) is 25.7 Å². The maximum absolute atomic E-state index is 12.4. The summed E-state index contributed by atoms with van der Waals surface area (Å²) in [6.07, 6.45) is 6.47. The highest BCUT2D eigenvalue weighted by atomic mass is 16.1. The van der Waals surface area contributed by atoms with E-state index in [1.54, 1.807) is 12.1 Å². The maximum atomic E-state index is 12.4. The largest absolute Gasteiger partial charge is 0.356 e. The Labute approximate surface area is 148 Å². The first-order chi connectivity index (χ1) is 12.3. The number of carbonyl (C=O) groups excluding carboxylic acids is 1. The fourth-order valence-corrected chi connectivity index (χ4v) is 2.98. The molecular formula is C20H24N4O. The number of aromatic nitrogens is 2. The SMILES string of the molecule is C=CCNC(=O)c1cc(N2CCCCCC2)nc(-c2ccccc2)n1. The summed E-state index contributed by atoms with van der Waals surface area (Å²) in [5.41, 5.74) is 1.31. The molecule has 5 nitrogen and oxygen atoms in total. The lowest BCUT2D eigenvalue weighted by atomic mass is 10.2. The Morgan fingerprint density at radius 2 is 1.84 bits per heavy atom. The van der Waals surface area contributed by atoms with Crippen LogP contribution in [0.1, 0.15) is 36.2 Å². The van der Waals surface area contributed by atoms with Crippen LogP contribution in [0.3, 0.4) is 0 Å². The van der Waals surface area contributed by atoms with Crippen molar-refractivity contribution in [1.29, 1.82) is 0 Å². The van der Waals surface area contributed by atoms with E-state index in [0.29, 0.717) is 18.1 Å². The lowest BCUT2D eigenvalue weighted by molar-refractivity contribution is 0.0953. The summed E-state index contributed by atoms with van der Waals surface area (Å²) in [6, 6.07) is 11.6. The van der Waals surface area contributed by atoms with Gasteiger partial charge in [-0.1, -0.05) is 49.2 Å². The number of amides is 1. The number of hydrogen-bond acceptors (Lipinski definition) is 4. The van der Waals surface area contributed by atoms with Crippen LogP contribution in [0.5, 0.6) is 0 Å². The molecule has 1 aliphatic heterocycles. The third kappa shape index (κ3) is 4.44. The molecule has 1 saturated heterocycles. The van der Waals surface area contributed by atoms with Crippen LogP contribution in [-0.4, -0.2) is 35.5 Å². The number of nitrogens with zero attached hydrogens (tertiary/aromatic N) is 3. The lowest BCUT2D eigenvalue weighted by Gasteiger charge is -2.22. The van der Waals surface area contributed by atoms with Gasteiger partial charge in [0, 0.05) is 31.3 Å². The Hall–Kier alpha value is -2.69. The summed E-state index contributed by atoms with van der Waals surface area (Å²) in [5.74, 6) is 1.22. The van der Waals surface area contributed by atoms with Crippen molar-refractivity contribution in [3.05, 3.63) is 54.7 Å². The first kappa shape index (κ1) is 17.1. The van der Waals surface area contributed by atoms with Crippen LogP contribution in [-0.2, 0) is 0 Å². The molecule has 1 amide bonds.